The molecule has 0 aromatic heterocycles. The number of carbonyl (C=O) groups excluding carboxylic acids is 1. The van der Waals surface area contributed by atoms with Crippen LogP contribution in [0.1, 0.15) is 42.5 Å². The number of rotatable bonds is 8. The fourth-order valence-corrected chi connectivity index (χ4v) is 4.48. The highest BCUT2D eigenvalue weighted by Crippen LogP contribution is 2.38. The largest absolute Gasteiger partial charge is 0.506 e. The minimum Gasteiger partial charge on any atom is -0.506 e. The number of nitrogens with one attached hydrogen (secondary N) is 1. The van der Waals surface area contributed by atoms with E-state index in [0.29, 0.717) is 32.7 Å². The highest BCUT2D eigenvalue weighted by molar-refractivity contribution is 9.10. The number of ether oxygens (including phenoxy) is 1. The summed E-state index contributed by atoms with van der Waals surface area (Å²) in [6.45, 7) is 3.89. The first-order valence-corrected chi connectivity index (χ1v) is 11.8. The molecule has 1 unspecified atom stereocenters. The number of carboxylic acid groups (broad SMARTS) is 1. The second-order valence-corrected chi connectivity index (χ2v) is 9.51. The van der Waals surface area contributed by atoms with Gasteiger partial charge in [-0.2, -0.15) is 0 Å². The molecule has 1 atom stereocenters. The molecular weight excluding hydrogens is 520 g/mol. The monoisotopic (exact) mass is 543 g/mol. The Morgan fingerprint density at radius 3 is 2.41 bits per heavy atom. The van der Waals surface area contributed by atoms with Crippen LogP contribution in [0.15, 0.2) is 59.1 Å². The maximum absolute atomic E-state index is 12.6. The van der Waals surface area contributed by atoms with Gasteiger partial charge < -0.3 is 20.3 Å². The van der Waals surface area contributed by atoms with Crippen LogP contribution in [-0.4, -0.2) is 29.9 Å². The lowest BCUT2D eigenvalue weighted by atomic mass is 9.92. The molecular formula is C25H24BBrClNO5. The van der Waals surface area contributed by atoms with Gasteiger partial charge in [0.2, 0.25) is 5.91 Å². The minimum absolute atomic E-state index is 0.00112. The Kier molecular flexibility index (Phi) is 8.28. The number of phenols is 1. The molecule has 3 aromatic rings. The van der Waals surface area contributed by atoms with E-state index in [1.807, 2.05) is 27.8 Å². The van der Waals surface area contributed by atoms with E-state index in [0.717, 1.165) is 5.46 Å². The van der Waals surface area contributed by atoms with E-state index in [-0.39, 0.29) is 23.1 Å². The summed E-state index contributed by atoms with van der Waals surface area (Å²) < 4.78 is 6.69. The van der Waals surface area contributed by atoms with Gasteiger partial charge in [-0.1, -0.05) is 61.8 Å². The maximum atomic E-state index is 12.6. The zero-order valence-electron chi connectivity index (χ0n) is 18.9. The van der Waals surface area contributed by atoms with Gasteiger partial charge in [-0.15, -0.1) is 0 Å². The molecule has 9 heteroatoms. The van der Waals surface area contributed by atoms with Crippen molar-refractivity contribution < 1.29 is 24.5 Å². The zero-order valence-corrected chi connectivity index (χ0v) is 21.3. The van der Waals surface area contributed by atoms with E-state index >= 15 is 0 Å². The molecule has 0 saturated carbocycles. The summed E-state index contributed by atoms with van der Waals surface area (Å²) in [6.07, 6.45) is -0.00112. The quantitative estimate of drug-likeness (QED) is 0.364. The van der Waals surface area contributed by atoms with Gasteiger partial charge in [-0.25, -0.2) is 4.79 Å². The van der Waals surface area contributed by atoms with Gasteiger partial charge in [0, 0.05) is 11.6 Å². The molecule has 0 bridgehead atoms. The molecule has 0 heterocycles. The van der Waals surface area contributed by atoms with Crippen molar-refractivity contribution in [1.82, 2.24) is 5.32 Å². The minimum atomic E-state index is -1.13. The normalized spacial score (nSPS) is 11.8. The van der Waals surface area contributed by atoms with Gasteiger partial charge in [0.1, 0.15) is 25.1 Å². The number of aromatic hydroxyl groups is 1. The number of benzene rings is 3. The van der Waals surface area contributed by atoms with E-state index in [2.05, 4.69) is 21.2 Å². The van der Waals surface area contributed by atoms with Crippen LogP contribution in [0.25, 0.3) is 0 Å². The van der Waals surface area contributed by atoms with Gasteiger partial charge in [0.25, 0.3) is 0 Å². The predicted molar refractivity (Wildman–Crippen MR) is 138 cm³/mol. The van der Waals surface area contributed by atoms with E-state index in [9.17, 15) is 19.8 Å². The van der Waals surface area contributed by atoms with Crippen LogP contribution in [0.4, 0.5) is 0 Å². The Balaban J connectivity index is 1.78. The highest BCUT2D eigenvalue weighted by Gasteiger charge is 2.22. The molecule has 3 N–H and O–H groups in total. The molecule has 0 spiro atoms. The van der Waals surface area contributed by atoms with Crippen molar-refractivity contribution in [2.45, 2.75) is 32.2 Å². The van der Waals surface area contributed by atoms with Crippen molar-refractivity contribution in [1.29, 1.82) is 0 Å². The van der Waals surface area contributed by atoms with Crippen LogP contribution < -0.4 is 15.5 Å². The Bertz CT molecular complexity index is 1200. The number of carbonyl (C=O) groups is 2. The van der Waals surface area contributed by atoms with Crippen molar-refractivity contribution in [3.63, 3.8) is 0 Å². The first-order valence-electron chi connectivity index (χ1n) is 10.6. The Labute approximate surface area is 212 Å². The summed E-state index contributed by atoms with van der Waals surface area (Å²) in [6, 6.07) is 14.3. The lowest BCUT2D eigenvalue weighted by Gasteiger charge is -2.17. The van der Waals surface area contributed by atoms with Crippen LogP contribution in [0.3, 0.4) is 0 Å². The second-order valence-electron chi connectivity index (χ2n) is 8.25. The third-order valence-electron chi connectivity index (χ3n) is 5.25. The van der Waals surface area contributed by atoms with Gasteiger partial charge in [-0.05, 0) is 50.6 Å². The predicted octanol–water partition coefficient (Wildman–Crippen LogP) is 4.47. The molecule has 0 aliphatic heterocycles. The topological polar surface area (TPSA) is 95.9 Å². The maximum Gasteiger partial charge on any atom is 0.330 e. The van der Waals surface area contributed by atoms with Gasteiger partial charge in [-0.3, -0.25) is 4.79 Å². The van der Waals surface area contributed by atoms with Gasteiger partial charge in [0.05, 0.1) is 15.9 Å². The third kappa shape index (κ3) is 6.13. The molecule has 3 rings (SSSR count). The standard InChI is InChI=1S/C25H24BBrClNO5/c1-13(2)17-11-16(12-20(28)23(17)31)34-24-18(26)8-14(9-19(24)27)10-21(30)29-22(25(32)33)15-6-4-3-5-7-15/h3-9,11-13,22,31H,10,26H2,1-2H3,(H,29,30)(H,32,33). The molecule has 1 amide bonds. The number of halogens is 2. The molecule has 0 saturated heterocycles. The average molecular weight is 545 g/mol. The van der Waals surface area contributed by atoms with E-state index in [1.165, 1.54) is 0 Å². The second kappa shape index (κ2) is 11.0. The summed E-state index contributed by atoms with van der Waals surface area (Å²) in [4.78, 5) is 24.3. The summed E-state index contributed by atoms with van der Waals surface area (Å²) in [7, 11) is 1.84. The van der Waals surface area contributed by atoms with Crippen LogP contribution in [0.2, 0.25) is 5.02 Å². The molecule has 176 valence electrons. The van der Waals surface area contributed by atoms with Gasteiger partial charge in [0.15, 0.2) is 6.04 Å². The van der Waals surface area contributed by atoms with Crippen molar-refractivity contribution in [3.8, 4) is 17.2 Å². The highest BCUT2D eigenvalue weighted by atomic mass is 79.9. The van der Waals surface area contributed by atoms with Crippen molar-refractivity contribution in [3.05, 3.63) is 80.8 Å². The molecule has 0 aliphatic carbocycles. The summed E-state index contributed by atoms with van der Waals surface area (Å²) in [5, 5.41) is 22.5. The van der Waals surface area contributed by atoms with Crippen LogP contribution in [0, 0.1) is 0 Å². The molecule has 0 fully saturated rings. The summed E-state index contributed by atoms with van der Waals surface area (Å²) in [5.74, 6) is -0.424. The average Bonchev–Trinajstić information content (AvgIpc) is 2.77. The fourth-order valence-electron chi connectivity index (χ4n) is 3.58. The van der Waals surface area contributed by atoms with E-state index in [1.54, 1.807) is 48.5 Å². The SMILES string of the molecule is Bc1cc(CC(=O)NC(C(=O)O)c2ccccc2)cc(Br)c1Oc1cc(Cl)c(O)c(C(C)C)c1. The van der Waals surface area contributed by atoms with Crippen LogP contribution in [-0.2, 0) is 16.0 Å². The smallest absolute Gasteiger partial charge is 0.330 e. The number of hydrogen-bond donors (Lipinski definition) is 3. The zero-order chi connectivity index (χ0) is 25.0. The van der Waals surface area contributed by atoms with Crippen molar-refractivity contribution in [2.75, 3.05) is 0 Å². The molecule has 34 heavy (non-hydrogen) atoms. The van der Waals surface area contributed by atoms with Crippen LogP contribution in [0.5, 0.6) is 17.2 Å². The number of amides is 1. The summed E-state index contributed by atoms with van der Waals surface area (Å²) >= 11 is 9.67. The van der Waals surface area contributed by atoms with Gasteiger partial charge >= 0.3 is 5.97 Å². The number of phenolic OH excluding ortho intramolecular Hbond substituents is 1. The Hall–Kier alpha value is -2.97. The lowest BCUT2D eigenvalue weighted by molar-refractivity contribution is -0.141. The molecule has 0 radical (unpaired) electrons. The number of carboxylic acids is 1. The Morgan fingerprint density at radius 1 is 1.15 bits per heavy atom. The third-order valence-corrected chi connectivity index (χ3v) is 6.12. The van der Waals surface area contributed by atoms with Crippen LogP contribution >= 0.6 is 27.5 Å². The van der Waals surface area contributed by atoms with E-state index < -0.39 is 17.9 Å². The number of aliphatic carboxylic acids is 1. The molecule has 3 aromatic carbocycles. The Morgan fingerprint density at radius 2 is 1.82 bits per heavy atom. The summed E-state index contributed by atoms with van der Waals surface area (Å²) in [5.41, 5.74) is 2.64. The molecule has 6 nitrogen and oxygen atoms in total. The fraction of sp³-hybridized carbons (Fsp3) is 0.200. The van der Waals surface area contributed by atoms with E-state index in [4.69, 9.17) is 16.3 Å². The number of hydrogen-bond acceptors (Lipinski definition) is 4. The lowest BCUT2D eigenvalue weighted by Crippen LogP contribution is -2.34. The molecule has 0 aliphatic rings. The first-order chi connectivity index (χ1) is 16.1. The van der Waals surface area contributed by atoms with Crippen molar-refractivity contribution >= 4 is 52.7 Å². The first kappa shape index (κ1) is 25.7. The van der Waals surface area contributed by atoms with Crippen molar-refractivity contribution in [2.24, 2.45) is 0 Å².